The van der Waals surface area contributed by atoms with Gasteiger partial charge >= 0.3 is 0 Å². The second-order valence-electron chi connectivity index (χ2n) is 6.52. The second-order valence-corrected chi connectivity index (χ2v) is 7.39. The van der Waals surface area contributed by atoms with Gasteiger partial charge in [0.1, 0.15) is 6.10 Å². The van der Waals surface area contributed by atoms with Crippen LogP contribution in [0, 0.1) is 5.92 Å². The van der Waals surface area contributed by atoms with Crippen LogP contribution in [0.25, 0.3) is 0 Å². The minimum absolute atomic E-state index is 0.0569. The summed E-state index contributed by atoms with van der Waals surface area (Å²) in [5.41, 5.74) is 6.02. The Morgan fingerprint density at radius 1 is 1.16 bits per heavy atom. The highest BCUT2D eigenvalue weighted by atomic mass is 35.5. The van der Waals surface area contributed by atoms with Gasteiger partial charge in [0.05, 0.1) is 0 Å². The van der Waals surface area contributed by atoms with E-state index in [0.29, 0.717) is 17.3 Å². The van der Waals surface area contributed by atoms with Crippen molar-refractivity contribution in [3.63, 3.8) is 0 Å². The number of rotatable bonds is 5. The van der Waals surface area contributed by atoms with Gasteiger partial charge in [-0.1, -0.05) is 55.3 Å². The molecule has 0 spiro atoms. The summed E-state index contributed by atoms with van der Waals surface area (Å²) in [7, 11) is 0. The minimum atomic E-state index is -1.54. The molecule has 2 amide bonds. The predicted octanol–water partition coefficient (Wildman–Crippen LogP) is 2.49. The standard InChI is InChI=1S/C17H23Cl2N3O3/c18-12-7-11(8-13(19)9-12)16(24)22(21)17(25)15(23)14(20)6-10-4-2-1-3-5-10/h7-10,14-15,23H,1-6,20-21H2/t14-,15?/m1/s1. The molecule has 1 fully saturated rings. The average Bonchev–Trinajstić information content (AvgIpc) is 2.59. The Hall–Kier alpha value is -1.18. The van der Waals surface area contributed by atoms with E-state index in [4.69, 9.17) is 34.8 Å². The lowest BCUT2D eigenvalue weighted by Crippen LogP contribution is -2.53. The van der Waals surface area contributed by atoms with Crippen LogP contribution in [-0.4, -0.2) is 34.1 Å². The van der Waals surface area contributed by atoms with Crippen LogP contribution in [0.3, 0.4) is 0 Å². The van der Waals surface area contributed by atoms with Gasteiger partial charge in [-0.2, -0.15) is 0 Å². The summed E-state index contributed by atoms with van der Waals surface area (Å²) >= 11 is 11.7. The zero-order valence-electron chi connectivity index (χ0n) is 13.8. The number of aliphatic hydroxyl groups is 1. The molecule has 0 heterocycles. The molecule has 1 unspecified atom stereocenters. The summed E-state index contributed by atoms with van der Waals surface area (Å²) in [6.45, 7) is 0. The maximum atomic E-state index is 12.3. The number of nitrogens with zero attached hydrogens (tertiary/aromatic N) is 1. The van der Waals surface area contributed by atoms with E-state index in [1.54, 1.807) is 0 Å². The van der Waals surface area contributed by atoms with Crippen molar-refractivity contribution in [2.45, 2.75) is 50.7 Å². The van der Waals surface area contributed by atoms with Gasteiger partial charge in [0.25, 0.3) is 11.8 Å². The van der Waals surface area contributed by atoms with Gasteiger partial charge in [0.15, 0.2) is 0 Å². The minimum Gasteiger partial charge on any atom is -0.382 e. The van der Waals surface area contributed by atoms with Crippen molar-refractivity contribution in [2.24, 2.45) is 17.5 Å². The highest BCUT2D eigenvalue weighted by Crippen LogP contribution is 2.27. The van der Waals surface area contributed by atoms with E-state index >= 15 is 0 Å². The van der Waals surface area contributed by atoms with E-state index in [9.17, 15) is 14.7 Å². The molecule has 138 valence electrons. The number of amides is 2. The number of carbonyl (C=O) groups excluding carboxylic acids is 2. The normalized spacial score (nSPS) is 17.8. The first kappa shape index (κ1) is 20.1. The van der Waals surface area contributed by atoms with Crippen LogP contribution in [0.1, 0.15) is 48.9 Å². The monoisotopic (exact) mass is 387 g/mol. The lowest BCUT2D eigenvalue weighted by Gasteiger charge is -2.28. The molecule has 8 heteroatoms. The summed E-state index contributed by atoms with van der Waals surface area (Å²) in [5.74, 6) is 4.24. The van der Waals surface area contributed by atoms with Crippen molar-refractivity contribution in [2.75, 3.05) is 0 Å². The molecule has 0 aromatic heterocycles. The van der Waals surface area contributed by atoms with Crippen molar-refractivity contribution in [3.8, 4) is 0 Å². The van der Waals surface area contributed by atoms with E-state index < -0.39 is 24.0 Å². The molecule has 0 radical (unpaired) electrons. The highest BCUT2D eigenvalue weighted by Gasteiger charge is 2.32. The molecule has 0 bridgehead atoms. The van der Waals surface area contributed by atoms with Gasteiger partial charge in [-0.25, -0.2) is 10.9 Å². The second kappa shape index (κ2) is 8.96. The summed E-state index contributed by atoms with van der Waals surface area (Å²) in [4.78, 5) is 24.6. The maximum Gasteiger partial charge on any atom is 0.275 e. The smallest absolute Gasteiger partial charge is 0.275 e. The molecule has 25 heavy (non-hydrogen) atoms. The fraction of sp³-hybridized carbons (Fsp3) is 0.529. The molecule has 0 saturated heterocycles. The third kappa shape index (κ3) is 5.39. The van der Waals surface area contributed by atoms with Gasteiger partial charge in [-0.15, -0.1) is 0 Å². The van der Waals surface area contributed by atoms with Crippen molar-refractivity contribution in [3.05, 3.63) is 33.8 Å². The molecule has 1 aliphatic rings. The van der Waals surface area contributed by atoms with Gasteiger partial charge < -0.3 is 10.8 Å². The van der Waals surface area contributed by atoms with Crippen LogP contribution >= 0.6 is 23.2 Å². The molecule has 1 aromatic rings. The highest BCUT2D eigenvalue weighted by molar-refractivity contribution is 6.35. The van der Waals surface area contributed by atoms with Gasteiger partial charge in [0.2, 0.25) is 0 Å². The maximum absolute atomic E-state index is 12.3. The van der Waals surface area contributed by atoms with Crippen molar-refractivity contribution in [1.82, 2.24) is 5.01 Å². The third-order valence-electron chi connectivity index (χ3n) is 4.55. The Morgan fingerprint density at radius 2 is 1.72 bits per heavy atom. The zero-order chi connectivity index (χ0) is 18.6. The van der Waals surface area contributed by atoms with E-state index in [2.05, 4.69) is 0 Å². The summed E-state index contributed by atoms with van der Waals surface area (Å²) < 4.78 is 0. The Bertz CT molecular complexity index is 615. The fourth-order valence-corrected chi connectivity index (χ4v) is 3.70. The van der Waals surface area contributed by atoms with Crippen LogP contribution in [0.5, 0.6) is 0 Å². The number of hydrazine groups is 1. The lowest BCUT2D eigenvalue weighted by molar-refractivity contribution is -0.138. The molecular weight excluding hydrogens is 365 g/mol. The van der Waals surface area contributed by atoms with E-state index in [-0.39, 0.29) is 15.6 Å². The number of carbonyl (C=O) groups is 2. The Labute approximate surface area is 157 Å². The van der Waals surface area contributed by atoms with Gasteiger partial charge in [-0.3, -0.25) is 9.59 Å². The molecular formula is C17H23Cl2N3O3. The molecule has 5 N–H and O–H groups in total. The summed E-state index contributed by atoms with van der Waals surface area (Å²) in [6, 6.07) is 3.38. The van der Waals surface area contributed by atoms with E-state index in [0.717, 1.165) is 25.7 Å². The van der Waals surface area contributed by atoms with Crippen LogP contribution in [0.2, 0.25) is 10.0 Å². The van der Waals surface area contributed by atoms with Crippen LogP contribution in [0.15, 0.2) is 18.2 Å². The number of halogens is 2. The number of nitrogens with two attached hydrogens (primary N) is 2. The fourth-order valence-electron chi connectivity index (χ4n) is 3.18. The first-order valence-electron chi connectivity index (χ1n) is 8.32. The van der Waals surface area contributed by atoms with Gasteiger partial charge in [0, 0.05) is 21.7 Å². The van der Waals surface area contributed by atoms with Crippen LogP contribution in [0.4, 0.5) is 0 Å². The molecule has 2 atom stereocenters. The quantitative estimate of drug-likeness (QED) is 0.408. The Balaban J connectivity index is 2.00. The van der Waals surface area contributed by atoms with E-state index in [1.807, 2.05) is 0 Å². The SMILES string of the molecule is N[C@H](CC1CCCCC1)C(O)C(=O)N(N)C(=O)c1cc(Cl)cc(Cl)c1. The number of hydrogen-bond acceptors (Lipinski definition) is 5. The topological polar surface area (TPSA) is 110 Å². The first-order valence-corrected chi connectivity index (χ1v) is 9.08. The van der Waals surface area contributed by atoms with Crippen molar-refractivity contribution in [1.29, 1.82) is 0 Å². The first-order chi connectivity index (χ1) is 11.8. The summed E-state index contributed by atoms with van der Waals surface area (Å²) in [6.07, 6.45) is 4.56. The number of aliphatic hydroxyl groups excluding tert-OH is 1. The number of benzene rings is 1. The number of hydrogen-bond donors (Lipinski definition) is 3. The molecule has 1 saturated carbocycles. The Kier molecular flexibility index (Phi) is 7.22. The lowest BCUT2D eigenvalue weighted by atomic mass is 9.84. The Morgan fingerprint density at radius 3 is 2.28 bits per heavy atom. The average molecular weight is 388 g/mol. The number of imide groups is 1. The van der Waals surface area contributed by atoms with E-state index in [1.165, 1.54) is 24.6 Å². The van der Waals surface area contributed by atoms with Crippen LogP contribution < -0.4 is 11.6 Å². The van der Waals surface area contributed by atoms with Crippen LogP contribution in [-0.2, 0) is 4.79 Å². The van der Waals surface area contributed by atoms with Crippen molar-refractivity contribution < 1.29 is 14.7 Å². The third-order valence-corrected chi connectivity index (χ3v) is 4.99. The van der Waals surface area contributed by atoms with Crippen molar-refractivity contribution >= 4 is 35.0 Å². The molecule has 1 aromatic carbocycles. The zero-order valence-corrected chi connectivity index (χ0v) is 15.3. The predicted molar refractivity (Wildman–Crippen MR) is 97.0 cm³/mol. The molecule has 1 aliphatic carbocycles. The molecule has 6 nitrogen and oxygen atoms in total. The molecule has 2 rings (SSSR count). The summed E-state index contributed by atoms with van der Waals surface area (Å²) in [5, 5.41) is 11.0. The van der Waals surface area contributed by atoms with Gasteiger partial charge in [-0.05, 0) is 30.5 Å². The largest absolute Gasteiger partial charge is 0.382 e. The molecule has 0 aliphatic heterocycles.